The van der Waals surface area contributed by atoms with Gasteiger partial charge < -0.3 is 23.7 Å². The van der Waals surface area contributed by atoms with Crippen LogP contribution in [0.5, 0.6) is 0 Å². The highest BCUT2D eigenvalue weighted by Crippen LogP contribution is 2.26. The van der Waals surface area contributed by atoms with Crippen molar-refractivity contribution in [3.8, 4) is 0 Å². The van der Waals surface area contributed by atoms with Crippen LogP contribution in [0.25, 0.3) is 0 Å². The van der Waals surface area contributed by atoms with Crippen LogP contribution >= 0.6 is 0 Å². The molecule has 1 saturated heterocycles. The fraction of sp³-hybridized carbons (Fsp3) is 0.733. The van der Waals surface area contributed by atoms with Crippen molar-refractivity contribution < 1.29 is 42.9 Å². The molecule has 1 fully saturated rings. The van der Waals surface area contributed by atoms with Crippen LogP contribution in [0, 0.1) is 0 Å². The van der Waals surface area contributed by atoms with Crippen molar-refractivity contribution in [1.82, 2.24) is 0 Å². The number of carbonyl (C=O) groups excluding carboxylic acids is 4. The molecule has 0 aliphatic carbocycles. The van der Waals surface area contributed by atoms with Crippen molar-refractivity contribution in [2.24, 2.45) is 0 Å². The van der Waals surface area contributed by atoms with E-state index in [0.29, 0.717) is 0 Å². The summed E-state index contributed by atoms with van der Waals surface area (Å²) in [6, 6.07) is 0. The molecule has 1 aliphatic rings. The van der Waals surface area contributed by atoms with Gasteiger partial charge >= 0.3 is 23.9 Å². The SMILES string of the molecule is CC(=O)OC[C@@H]1C[C@@H](OC(C)=O)[C@H](OC(C)=O)[C@@H](COC(C)=O)O1. The summed E-state index contributed by atoms with van der Waals surface area (Å²) in [6.45, 7) is 4.66. The minimum atomic E-state index is -0.931. The van der Waals surface area contributed by atoms with Crippen molar-refractivity contribution in [2.75, 3.05) is 13.2 Å². The number of carbonyl (C=O) groups is 4. The summed E-state index contributed by atoms with van der Waals surface area (Å²) in [5, 5.41) is 0. The van der Waals surface area contributed by atoms with E-state index in [-0.39, 0.29) is 19.6 Å². The van der Waals surface area contributed by atoms with Crippen molar-refractivity contribution in [1.29, 1.82) is 0 Å². The molecule has 0 aromatic heterocycles. The summed E-state index contributed by atoms with van der Waals surface area (Å²) in [4.78, 5) is 44.6. The molecule has 0 saturated carbocycles. The van der Waals surface area contributed by atoms with Gasteiger partial charge in [0.15, 0.2) is 6.10 Å². The molecule has 0 spiro atoms. The zero-order valence-electron chi connectivity index (χ0n) is 14.1. The third-order valence-electron chi connectivity index (χ3n) is 3.14. The fourth-order valence-corrected chi connectivity index (χ4v) is 2.34. The Labute approximate surface area is 139 Å². The molecule has 9 nitrogen and oxygen atoms in total. The Bertz CT molecular complexity index is 487. The van der Waals surface area contributed by atoms with E-state index >= 15 is 0 Å². The van der Waals surface area contributed by atoms with Gasteiger partial charge in [0.25, 0.3) is 0 Å². The second kappa shape index (κ2) is 9.21. The van der Waals surface area contributed by atoms with Crippen molar-refractivity contribution in [3.05, 3.63) is 0 Å². The van der Waals surface area contributed by atoms with E-state index < -0.39 is 48.3 Å². The van der Waals surface area contributed by atoms with Gasteiger partial charge in [0.2, 0.25) is 0 Å². The first kappa shape index (κ1) is 19.9. The van der Waals surface area contributed by atoms with Crippen LogP contribution in [-0.2, 0) is 42.9 Å². The lowest BCUT2D eigenvalue weighted by Gasteiger charge is -2.39. The number of rotatable bonds is 6. The van der Waals surface area contributed by atoms with E-state index in [1.807, 2.05) is 0 Å². The predicted molar refractivity (Wildman–Crippen MR) is 77.7 cm³/mol. The molecule has 0 radical (unpaired) electrons. The lowest BCUT2D eigenvalue weighted by atomic mass is 9.97. The summed E-state index contributed by atoms with van der Waals surface area (Å²) in [5.41, 5.74) is 0. The molecule has 4 atom stereocenters. The Balaban J connectivity index is 2.90. The molecule has 1 rings (SSSR count). The van der Waals surface area contributed by atoms with Crippen LogP contribution in [0.2, 0.25) is 0 Å². The predicted octanol–water partition coefficient (Wildman–Crippen LogP) is 0.134. The van der Waals surface area contributed by atoms with Gasteiger partial charge in [-0.3, -0.25) is 19.2 Å². The molecule has 136 valence electrons. The van der Waals surface area contributed by atoms with Gasteiger partial charge in [0.05, 0.1) is 6.10 Å². The highest BCUT2D eigenvalue weighted by Gasteiger charge is 2.43. The lowest BCUT2D eigenvalue weighted by molar-refractivity contribution is -0.220. The summed E-state index contributed by atoms with van der Waals surface area (Å²) >= 11 is 0. The molecule has 0 N–H and O–H groups in total. The molecule has 1 heterocycles. The maximum atomic E-state index is 11.3. The van der Waals surface area contributed by atoms with Crippen LogP contribution in [0.15, 0.2) is 0 Å². The quantitative estimate of drug-likeness (QED) is 0.489. The first-order valence-electron chi connectivity index (χ1n) is 7.45. The summed E-state index contributed by atoms with van der Waals surface area (Å²) in [5.74, 6) is -2.17. The van der Waals surface area contributed by atoms with E-state index in [0.717, 1.165) is 0 Å². The van der Waals surface area contributed by atoms with Gasteiger partial charge in [-0.05, 0) is 0 Å². The minimum absolute atomic E-state index is 0.0591. The monoisotopic (exact) mass is 346 g/mol. The number of hydrogen-bond acceptors (Lipinski definition) is 9. The number of ether oxygens (including phenoxy) is 5. The van der Waals surface area contributed by atoms with E-state index in [9.17, 15) is 19.2 Å². The van der Waals surface area contributed by atoms with Gasteiger partial charge in [-0.25, -0.2) is 0 Å². The maximum Gasteiger partial charge on any atom is 0.303 e. The molecule has 1 aliphatic heterocycles. The molecule has 0 aromatic rings. The highest BCUT2D eigenvalue weighted by atomic mass is 16.6. The van der Waals surface area contributed by atoms with Gasteiger partial charge in [-0.2, -0.15) is 0 Å². The Hall–Kier alpha value is -2.16. The van der Waals surface area contributed by atoms with Crippen molar-refractivity contribution in [3.63, 3.8) is 0 Å². The zero-order chi connectivity index (χ0) is 18.3. The third-order valence-corrected chi connectivity index (χ3v) is 3.14. The standard InChI is InChI=1S/C15H22O9/c1-8(16)20-6-12-5-13(22-10(3)18)15(23-11(4)19)14(24-12)7-21-9(2)17/h12-15H,5-7H2,1-4H3/t12-,13+,14+,15-/m0/s1. The largest absolute Gasteiger partial charge is 0.463 e. The van der Waals surface area contributed by atoms with Gasteiger partial charge in [0, 0.05) is 34.1 Å². The zero-order valence-corrected chi connectivity index (χ0v) is 14.1. The third kappa shape index (κ3) is 6.95. The number of hydrogen-bond donors (Lipinski definition) is 0. The molecular formula is C15H22O9. The summed E-state index contributed by atoms with van der Waals surface area (Å²) in [6.07, 6.45) is -3.01. The van der Waals surface area contributed by atoms with Crippen molar-refractivity contribution >= 4 is 23.9 Å². The second-order valence-electron chi connectivity index (χ2n) is 5.36. The molecular weight excluding hydrogens is 324 g/mol. The molecule has 0 bridgehead atoms. The average Bonchev–Trinajstić information content (AvgIpc) is 2.44. The maximum absolute atomic E-state index is 11.3. The minimum Gasteiger partial charge on any atom is -0.463 e. The Morgan fingerprint density at radius 1 is 0.833 bits per heavy atom. The average molecular weight is 346 g/mol. The van der Waals surface area contributed by atoms with Gasteiger partial charge in [-0.15, -0.1) is 0 Å². The molecule has 0 unspecified atom stereocenters. The summed E-state index contributed by atoms with van der Waals surface area (Å²) < 4.78 is 25.9. The Kier molecular flexibility index (Phi) is 7.63. The van der Waals surface area contributed by atoms with E-state index in [1.54, 1.807) is 0 Å². The van der Waals surface area contributed by atoms with E-state index in [4.69, 9.17) is 23.7 Å². The van der Waals surface area contributed by atoms with E-state index in [2.05, 4.69) is 0 Å². The molecule has 9 heteroatoms. The topological polar surface area (TPSA) is 114 Å². The highest BCUT2D eigenvalue weighted by molar-refractivity contribution is 5.68. The first-order valence-corrected chi connectivity index (χ1v) is 7.45. The van der Waals surface area contributed by atoms with Gasteiger partial charge in [0.1, 0.15) is 25.4 Å². The van der Waals surface area contributed by atoms with Crippen LogP contribution in [0.4, 0.5) is 0 Å². The second-order valence-corrected chi connectivity index (χ2v) is 5.36. The first-order chi connectivity index (χ1) is 11.2. The van der Waals surface area contributed by atoms with Crippen LogP contribution in [0.1, 0.15) is 34.1 Å². The Morgan fingerprint density at radius 3 is 1.88 bits per heavy atom. The fourth-order valence-electron chi connectivity index (χ4n) is 2.34. The smallest absolute Gasteiger partial charge is 0.303 e. The molecule has 0 aromatic carbocycles. The Morgan fingerprint density at radius 2 is 1.38 bits per heavy atom. The van der Waals surface area contributed by atoms with E-state index in [1.165, 1.54) is 27.7 Å². The molecule has 24 heavy (non-hydrogen) atoms. The van der Waals surface area contributed by atoms with Crippen LogP contribution in [-0.4, -0.2) is 61.5 Å². The normalized spacial score (nSPS) is 26.2. The summed E-state index contributed by atoms with van der Waals surface area (Å²) in [7, 11) is 0. The van der Waals surface area contributed by atoms with Crippen molar-refractivity contribution in [2.45, 2.75) is 58.5 Å². The number of esters is 4. The molecule has 0 amide bonds. The van der Waals surface area contributed by atoms with Gasteiger partial charge in [-0.1, -0.05) is 0 Å². The lowest BCUT2D eigenvalue weighted by Crippen LogP contribution is -2.54. The van der Waals surface area contributed by atoms with Crippen LogP contribution in [0.3, 0.4) is 0 Å². The van der Waals surface area contributed by atoms with Crippen LogP contribution < -0.4 is 0 Å².